The van der Waals surface area contributed by atoms with Crippen LogP contribution < -0.4 is 0 Å². The van der Waals surface area contributed by atoms with Crippen molar-refractivity contribution in [1.82, 2.24) is 0 Å². The summed E-state index contributed by atoms with van der Waals surface area (Å²) in [7, 11) is 8.58. The van der Waals surface area contributed by atoms with Gasteiger partial charge in [0.25, 0.3) is 0 Å². The Morgan fingerprint density at radius 3 is 0.875 bits per heavy atom. The molecule has 0 saturated heterocycles. The Balaban J connectivity index is -0.0000000776. The average molecular weight is 1130 g/mol. The van der Waals surface area contributed by atoms with Crippen molar-refractivity contribution in [3.05, 3.63) is 0 Å². The Bertz CT molecular complexity index is 1100. The highest BCUT2D eigenvalue weighted by atomic mass is 28.4. The third-order valence-electron chi connectivity index (χ3n) is 16.7. The van der Waals surface area contributed by atoms with E-state index in [4.69, 9.17) is 44.3 Å². The van der Waals surface area contributed by atoms with E-state index in [1.165, 1.54) is 61.2 Å². The van der Waals surface area contributed by atoms with E-state index in [0.717, 1.165) is 29.6 Å². The van der Waals surface area contributed by atoms with Gasteiger partial charge in [0.15, 0.2) is 0 Å². The van der Waals surface area contributed by atoms with Gasteiger partial charge in [-0.25, -0.2) is 0 Å². The lowest BCUT2D eigenvalue weighted by atomic mass is 9.68. The molecular formula is C57H144O10Si5. The van der Waals surface area contributed by atoms with Gasteiger partial charge in [-0.1, -0.05) is 114 Å². The summed E-state index contributed by atoms with van der Waals surface area (Å²) >= 11 is 0. The molecule has 0 N–H and O–H groups in total. The van der Waals surface area contributed by atoms with Crippen LogP contribution in [0.3, 0.4) is 0 Å². The van der Waals surface area contributed by atoms with Crippen molar-refractivity contribution in [3.63, 3.8) is 0 Å². The minimum atomic E-state index is -1.83. The summed E-state index contributed by atoms with van der Waals surface area (Å²) in [6.45, 7) is 25.4. The van der Waals surface area contributed by atoms with Gasteiger partial charge in [0.05, 0.1) is 0 Å². The maximum Gasteiger partial charge on any atom is 0.337 e. The highest BCUT2D eigenvalue weighted by Crippen LogP contribution is 2.68. The lowest BCUT2D eigenvalue weighted by Crippen LogP contribution is -2.43. The number of rotatable bonds is 11. The van der Waals surface area contributed by atoms with Gasteiger partial charge in [-0.15, -0.1) is 0 Å². The van der Waals surface area contributed by atoms with E-state index in [-0.39, 0.29) is 74.3 Å². The second-order valence-corrected chi connectivity index (χ2v) is 39.8. The van der Waals surface area contributed by atoms with Crippen LogP contribution in [0.1, 0.15) is 179 Å². The highest BCUT2D eigenvalue weighted by molar-refractivity contribution is 6.67. The van der Waals surface area contributed by atoms with Crippen molar-refractivity contribution >= 4 is 42.8 Å². The third-order valence-corrected chi connectivity index (χ3v) is 28.2. The fourth-order valence-electron chi connectivity index (χ4n) is 11.0. The summed E-state index contributed by atoms with van der Waals surface area (Å²) in [4.78, 5) is 0. The van der Waals surface area contributed by atoms with Crippen molar-refractivity contribution in [2.75, 3.05) is 71.1 Å². The van der Waals surface area contributed by atoms with Crippen LogP contribution in [0, 0.1) is 65.1 Å². The van der Waals surface area contributed by atoms with Crippen LogP contribution in [0.4, 0.5) is 0 Å². The molecule has 7 aliphatic rings. The van der Waals surface area contributed by atoms with Gasteiger partial charge >= 0.3 is 42.8 Å². The minimum absolute atomic E-state index is 0. The standard InChI is InChI=1S/C13H20.C10H22O2Si.C8H14.4C4H12O2Si.10CH4/c1-7-4-10-6-11(7)13-9-3-2-8(5-9)12(10)13;1-9-5-7-10(8-6-9)13(4,11-2)12-3;1-6-4-7-2-3-8(6)5-7;4*1-5-7(3,4)6-2;;;;;;;;;;/h7-13H,2-6H2,1H3;9-10H,5-8H2,1-4H3;6-8H,2-5H2,1H3;4*1-4H3;10*1H4. The molecule has 7 aliphatic carbocycles. The Labute approximate surface area is 464 Å². The topological polar surface area (TPSA) is 92.3 Å². The molecule has 15 heteroatoms. The summed E-state index contributed by atoms with van der Waals surface area (Å²) in [5.41, 5.74) is 0.707. The molecule has 452 valence electrons. The lowest BCUT2D eigenvalue weighted by molar-refractivity contribution is 0.112. The summed E-state index contributed by atoms with van der Waals surface area (Å²) in [6, 6.07) is 0. The van der Waals surface area contributed by atoms with Gasteiger partial charge in [-0.2, -0.15) is 0 Å². The molecule has 0 aromatic rings. The van der Waals surface area contributed by atoms with Gasteiger partial charge in [0.2, 0.25) is 0 Å². The van der Waals surface area contributed by atoms with Crippen LogP contribution in [-0.2, 0) is 44.3 Å². The predicted molar refractivity (Wildman–Crippen MR) is 338 cm³/mol. The Hall–Kier alpha value is 0.684. The van der Waals surface area contributed by atoms with Crippen molar-refractivity contribution in [2.45, 2.75) is 243 Å². The molecule has 7 rings (SSSR count). The Morgan fingerprint density at radius 1 is 0.292 bits per heavy atom. The molecule has 0 aromatic heterocycles. The van der Waals surface area contributed by atoms with E-state index in [1.807, 2.05) is 52.4 Å². The quantitative estimate of drug-likeness (QED) is 0.147. The molecule has 10 unspecified atom stereocenters. The molecule has 0 spiro atoms. The van der Waals surface area contributed by atoms with Crippen LogP contribution >= 0.6 is 0 Å². The smallest absolute Gasteiger partial charge is 0.337 e. The minimum Gasteiger partial charge on any atom is -0.398 e. The van der Waals surface area contributed by atoms with Crippen molar-refractivity contribution in [1.29, 1.82) is 0 Å². The number of fused-ring (bicyclic) bond motifs is 11. The van der Waals surface area contributed by atoms with Crippen molar-refractivity contribution in [3.8, 4) is 0 Å². The van der Waals surface area contributed by atoms with E-state index in [1.54, 1.807) is 129 Å². The zero-order chi connectivity index (χ0) is 47.7. The first-order valence-corrected chi connectivity index (χ1v) is 38.0. The lowest BCUT2D eigenvalue weighted by Gasteiger charge is -2.37. The fourth-order valence-corrected chi connectivity index (χ4v) is 13.9. The molecule has 10 nitrogen and oxygen atoms in total. The first-order chi connectivity index (χ1) is 28.8. The number of hydrogen-bond donors (Lipinski definition) is 0. The van der Waals surface area contributed by atoms with Crippen LogP contribution in [0.2, 0.25) is 64.5 Å². The van der Waals surface area contributed by atoms with Gasteiger partial charge < -0.3 is 44.3 Å². The van der Waals surface area contributed by atoms with Crippen LogP contribution in [0.25, 0.3) is 0 Å². The van der Waals surface area contributed by atoms with Crippen molar-refractivity contribution < 1.29 is 44.3 Å². The molecular weight excluding hydrogens is 985 g/mol. The third kappa shape index (κ3) is 31.3. The van der Waals surface area contributed by atoms with E-state index in [9.17, 15) is 0 Å². The molecule has 6 bridgehead atoms. The molecule has 0 radical (unpaired) electrons. The zero-order valence-corrected chi connectivity index (χ0v) is 49.7. The van der Waals surface area contributed by atoms with Gasteiger partial charge in [-0.3, -0.25) is 0 Å². The van der Waals surface area contributed by atoms with Crippen LogP contribution in [0.5, 0.6) is 0 Å². The summed E-state index contributed by atoms with van der Waals surface area (Å²) < 4.78 is 51.2. The highest BCUT2D eigenvalue weighted by Gasteiger charge is 2.61. The molecule has 0 amide bonds. The normalized spacial score (nSPS) is 28.2. The van der Waals surface area contributed by atoms with Crippen LogP contribution in [-0.4, -0.2) is 114 Å². The van der Waals surface area contributed by atoms with Gasteiger partial charge in [-0.05, 0) is 188 Å². The molecule has 0 aliphatic heterocycles. The molecule has 10 atom stereocenters. The first kappa shape index (κ1) is 95.1. The molecule has 0 heterocycles. The van der Waals surface area contributed by atoms with Crippen molar-refractivity contribution in [2.24, 2.45) is 65.1 Å². The second-order valence-electron chi connectivity index (χ2n) is 21.6. The summed E-state index contributed by atoms with van der Waals surface area (Å²) in [6.07, 6.45) is 19.6. The molecule has 7 fully saturated rings. The summed E-state index contributed by atoms with van der Waals surface area (Å²) in [5.74, 6) is 12.5. The van der Waals surface area contributed by atoms with E-state index < -0.39 is 42.8 Å². The Kier molecular flexibility index (Phi) is 58.8. The number of hydrogen-bond acceptors (Lipinski definition) is 10. The van der Waals surface area contributed by atoms with E-state index in [0.29, 0.717) is 5.54 Å². The van der Waals surface area contributed by atoms with Crippen LogP contribution in [0.15, 0.2) is 0 Å². The maximum atomic E-state index is 5.58. The van der Waals surface area contributed by atoms with Gasteiger partial charge in [0, 0.05) is 76.6 Å². The Morgan fingerprint density at radius 2 is 0.625 bits per heavy atom. The molecule has 7 saturated carbocycles. The predicted octanol–water partition coefficient (Wildman–Crippen LogP) is 19.0. The second kappa shape index (κ2) is 44.5. The monoisotopic (exact) mass is 1130 g/mol. The zero-order valence-electron chi connectivity index (χ0n) is 44.7. The van der Waals surface area contributed by atoms with E-state index >= 15 is 0 Å². The largest absolute Gasteiger partial charge is 0.398 e. The fraction of sp³-hybridized carbons (Fsp3) is 1.00. The summed E-state index contributed by atoms with van der Waals surface area (Å²) in [5, 5.41) is 0. The van der Waals surface area contributed by atoms with Gasteiger partial charge in [0.1, 0.15) is 0 Å². The van der Waals surface area contributed by atoms with E-state index in [2.05, 4.69) is 27.3 Å². The average Bonchev–Trinajstić information content (AvgIpc) is 4.16. The molecule has 0 aromatic carbocycles. The SMILES string of the molecule is C.C.C.C.C.C.C.C.C.C.CC1CC2CC1C1C3CCC(C3)C21.CC1CC2CCC1C2.CO[Si](C)(C)OC.CO[Si](C)(C)OC.CO[Si](C)(C)OC.CO[Si](C)(C)OC.CO[Si](C)(OC)C1CCC(C)CC1. The maximum absolute atomic E-state index is 5.58. The first-order valence-electron chi connectivity index (χ1n) is 24.3. The molecule has 72 heavy (non-hydrogen) atoms.